The first-order valence-corrected chi connectivity index (χ1v) is 8.89. The Morgan fingerprint density at radius 3 is 1.91 bits per heavy atom. The molecule has 112 valence electrons. The molecule has 22 heavy (non-hydrogen) atoms. The van der Waals surface area contributed by atoms with Gasteiger partial charge in [0.15, 0.2) is 0 Å². The lowest BCUT2D eigenvalue weighted by Crippen LogP contribution is -2.17. The van der Waals surface area contributed by atoms with E-state index in [0.29, 0.717) is 0 Å². The highest BCUT2D eigenvalue weighted by Crippen LogP contribution is 2.24. The summed E-state index contributed by atoms with van der Waals surface area (Å²) in [5.74, 6) is -0.501. The minimum absolute atomic E-state index is 0.186. The molecule has 3 rings (SSSR count). The Morgan fingerprint density at radius 2 is 1.45 bits per heavy atom. The second-order valence-electron chi connectivity index (χ2n) is 5.11. The second-order valence-corrected chi connectivity index (χ2v) is 6.95. The molecule has 0 N–H and O–H groups in total. The number of nitrogens with zero attached hydrogens (tertiary/aromatic N) is 3. The maximum absolute atomic E-state index is 13.2. The molecular formula is C16H15F2N3Si. The lowest BCUT2D eigenvalue weighted by Gasteiger charge is -2.17. The summed E-state index contributed by atoms with van der Waals surface area (Å²) in [6, 6.07) is 13.1. The van der Waals surface area contributed by atoms with Gasteiger partial charge in [-0.25, -0.2) is 8.78 Å². The molecule has 0 aliphatic heterocycles. The van der Waals surface area contributed by atoms with Crippen LogP contribution in [0.2, 0.25) is 0 Å². The third kappa shape index (κ3) is 3.45. The van der Waals surface area contributed by atoms with Crippen molar-refractivity contribution < 1.29 is 8.78 Å². The van der Waals surface area contributed by atoms with Gasteiger partial charge >= 0.3 is 0 Å². The Balaban J connectivity index is 1.87. The van der Waals surface area contributed by atoms with E-state index in [0.717, 1.165) is 17.3 Å². The third-order valence-corrected chi connectivity index (χ3v) is 5.90. The van der Waals surface area contributed by atoms with Gasteiger partial charge in [0.2, 0.25) is 0 Å². The SMILES string of the molecule is Fc1ccc(C([SiH2]Cn2ccnn2)c2ccc(F)cc2)cc1. The average Bonchev–Trinajstić information content (AvgIpc) is 3.04. The Labute approximate surface area is 129 Å². The van der Waals surface area contributed by atoms with Crippen LogP contribution in [-0.4, -0.2) is 24.5 Å². The maximum Gasteiger partial charge on any atom is 0.123 e. The van der Waals surface area contributed by atoms with Crippen LogP contribution in [0.3, 0.4) is 0 Å². The van der Waals surface area contributed by atoms with Gasteiger partial charge < -0.3 is 0 Å². The summed E-state index contributed by atoms with van der Waals surface area (Å²) in [5, 5.41) is 7.79. The summed E-state index contributed by atoms with van der Waals surface area (Å²) >= 11 is 0. The zero-order chi connectivity index (χ0) is 15.4. The number of aromatic nitrogens is 3. The summed E-state index contributed by atoms with van der Waals surface area (Å²) in [4.78, 5) is 0. The van der Waals surface area contributed by atoms with Crippen molar-refractivity contribution >= 4 is 9.52 Å². The number of hydrogen-bond donors (Lipinski definition) is 0. The first-order valence-electron chi connectivity index (χ1n) is 7.07. The van der Waals surface area contributed by atoms with Gasteiger partial charge in [0.25, 0.3) is 0 Å². The van der Waals surface area contributed by atoms with Crippen molar-refractivity contribution in [1.29, 1.82) is 0 Å². The molecule has 0 radical (unpaired) electrons. The lowest BCUT2D eigenvalue weighted by molar-refractivity contribution is 0.626. The van der Waals surface area contributed by atoms with Crippen molar-refractivity contribution in [2.45, 2.75) is 11.7 Å². The predicted molar refractivity (Wildman–Crippen MR) is 83.2 cm³/mol. The summed E-state index contributed by atoms with van der Waals surface area (Å²) in [6.45, 7) is 0. The van der Waals surface area contributed by atoms with E-state index in [4.69, 9.17) is 0 Å². The molecule has 0 unspecified atom stereocenters. The van der Waals surface area contributed by atoms with E-state index in [1.807, 2.05) is 10.9 Å². The fourth-order valence-electron chi connectivity index (χ4n) is 2.53. The number of benzene rings is 2. The molecule has 0 aliphatic rings. The summed E-state index contributed by atoms with van der Waals surface area (Å²) in [5.41, 5.74) is 2.30. The van der Waals surface area contributed by atoms with E-state index in [2.05, 4.69) is 10.3 Å². The van der Waals surface area contributed by atoms with Crippen LogP contribution in [0.5, 0.6) is 0 Å². The smallest absolute Gasteiger partial charge is 0.123 e. The van der Waals surface area contributed by atoms with Crippen molar-refractivity contribution in [1.82, 2.24) is 15.0 Å². The highest BCUT2D eigenvalue weighted by atomic mass is 28.2. The monoisotopic (exact) mass is 315 g/mol. The van der Waals surface area contributed by atoms with Crippen molar-refractivity contribution in [2.24, 2.45) is 0 Å². The van der Waals surface area contributed by atoms with Crippen LogP contribution in [0.15, 0.2) is 60.9 Å². The summed E-state index contributed by atoms with van der Waals surface area (Å²) < 4.78 is 28.1. The van der Waals surface area contributed by atoms with Crippen LogP contribution in [0.1, 0.15) is 16.7 Å². The normalized spacial score (nSPS) is 11.6. The molecule has 0 amide bonds. The molecule has 0 aliphatic carbocycles. The number of halogens is 2. The number of hydrogen-bond acceptors (Lipinski definition) is 2. The van der Waals surface area contributed by atoms with E-state index >= 15 is 0 Å². The molecule has 2 aromatic carbocycles. The molecule has 0 fully saturated rings. The maximum atomic E-state index is 13.2. The molecule has 0 atom stereocenters. The van der Waals surface area contributed by atoms with Crippen molar-refractivity contribution in [3.63, 3.8) is 0 Å². The van der Waals surface area contributed by atoms with Crippen LogP contribution in [0, 0.1) is 11.6 Å². The minimum atomic E-state index is -0.649. The molecule has 0 saturated carbocycles. The zero-order valence-electron chi connectivity index (χ0n) is 11.9. The summed E-state index contributed by atoms with van der Waals surface area (Å²) in [7, 11) is -0.649. The second kappa shape index (κ2) is 6.61. The van der Waals surface area contributed by atoms with E-state index < -0.39 is 9.52 Å². The molecule has 0 saturated heterocycles. The van der Waals surface area contributed by atoms with Crippen molar-refractivity contribution in [3.8, 4) is 0 Å². The van der Waals surface area contributed by atoms with Gasteiger partial charge in [-0.3, -0.25) is 4.68 Å². The fraction of sp³-hybridized carbons (Fsp3) is 0.125. The molecule has 6 heteroatoms. The lowest BCUT2D eigenvalue weighted by atomic mass is 10.0. The Morgan fingerprint density at radius 1 is 0.909 bits per heavy atom. The Kier molecular flexibility index (Phi) is 4.39. The Bertz CT molecular complexity index is 667. The largest absolute Gasteiger partial charge is 0.256 e. The Hall–Kier alpha value is -2.34. The first-order chi connectivity index (χ1) is 10.7. The molecule has 3 aromatic rings. The van der Waals surface area contributed by atoms with Gasteiger partial charge in [-0.2, -0.15) is 0 Å². The minimum Gasteiger partial charge on any atom is -0.256 e. The van der Waals surface area contributed by atoms with Gasteiger partial charge in [-0.1, -0.05) is 29.5 Å². The topological polar surface area (TPSA) is 30.7 Å². The van der Waals surface area contributed by atoms with Crippen molar-refractivity contribution in [2.75, 3.05) is 0 Å². The van der Waals surface area contributed by atoms with Crippen LogP contribution >= 0.6 is 0 Å². The molecular weight excluding hydrogens is 300 g/mol. The van der Waals surface area contributed by atoms with Gasteiger partial charge in [0.05, 0.1) is 15.7 Å². The van der Waals surface area contributed by atoms with Gasteiger partial charge in [0, 0.05) is 12.4 Å². The van der Waals surface area contributed by atoms with Gasteiger partial charge in [-0.15, -0.1) is 5.10 Å². The van der Waals surface area contributed by atoms with Crippen LogP contribution in [0.4, 0.5) is 8.78 Å². The summed E-state index contributed by atoms with van der Waals surface area (Å²) in [6.07, 6.45) is 4.30. The van der Waals surface area contributed by atoms with E-state index in [9.17, 15) is 8.78 Å². The van der Waals surface area contributed by atoms with Crippen molar-refractivity contribution in [3.05, 3.63) is 83.7 Å². The average molecular weight is 315 g/mol. The zero-order valence-corrected chi connectivity index (χ0v) is 13.3. The van der Waals surface area contributed by atoms with E-state index in [-0.39, 0.29) is 17.2 Å². The van der Waals surface area contributed by atoms with E-state index in [1.165, 1.54) is 24.3 Å². The van der Waals surface area contributed by atoms with Crippen LogP contribution < -0.4 is 0 Å². The first kappa shape index (κ1) is 14.6. The highest BCUT2D eigenvalue weighted by Gasteiger charge is 2.15. The van der Waals surface area contributed by atoms with E-state index in [1.54, 1.807) is 30.5 Å². The van der Waals surface area contributed by atoms with Crippen LogP contribution in [0.25, 0.3) is 0 Å². The standard InChI is InChI=1S/C16H15F2N3Si/c17-14-5-1-12(2-6-14)16(13-3-7-15(18)8-4-13)22-11-21-10-9-19-20-21/h1-10,16H,11,22H2. The van der Waals surface area contributed by atoms with Gasteiger partial charge in [0.1, 0.15) is 11.6 Å². The highest BCUT2D eigenvalue weighted by molar-refractivity contribution is 6.37. The molecule has 0 spiro atoms. The van der Waals surface area contributed by atoms with Crippen LogP contribution in [-0.2, 0) is 6.17 Å². The number of rotatable bonds is 5. The molecule has 3 nitrogen and oxygen atoms in total. The fourth-order valence-corrected chi connectivity index (χ4v) is 4.50. The van der Waals surface area contributed by atoms with Gasteiger partial charge in [-0.05, 0) is 40.9 Å². The molecule has 1 heterocycles. The quantitative estimate of drug-likeness (QED) is 0.677. The predicted octanol–water partition coefficient (Wildman–Crippen LogP) is 2.47. The molecule has 0 bridgehead atoms. The molecule has 1 aromatic heterocycles. The third-order valence-electron chi connectivity index (χ3n) is 3.66.